The maximum atomic E-state index is 12.0. The topological polar surface area (TPSA) is 30.0 Å². The lowest BCUT2D eigenvalue weighted by molar-refractivity contribution is 0.102. The summed E-state index contributed by atoms with van der Waals surface area (Å²) in [5.41, 5.74) is 1.82. The number of benzene rings is 1. The predicted molar refractivity (Wildman–Crippen MR) is 75.5 cm³/mol. The van der Waals surface area contributed by atoms with Gasteiger partial charge in [0, 0.05) is 11.8 Å². The summed E-state index contributed by atoms with van der Waals surface area (Å²) in [5, 5.41) is 1.28. The number of ketones is 1. The molecular formula is C14H12ClNOS. The molecule has 18 heavy (non-hydrogen) atoms. The van der Waals surface area contributed by atoms with Gasteiger partial charge in [0.1, 0.15) is 5.03 Å². The molecule has 0 saturated heterocycles. The standard InChI is InChI=1S/C14H12ClNOS/c1-10-4-2-5-11(8-10)13(17)9-18-14-12(15)6-3-7-16-14/h2-8H,9H2,1H3. The molecule has 0 atom stereocenters. The highest BCUT2D eigenvalue weighted by Gasteiger charge is 2.09. The summed E-state index contributed by atoms with van der Waals surface area (Å²) in [6.45, 7) is 1.97. The molecule has 0 aliphatic heterocycles. The smallest absolute Gasteiger partial charge is 0.173 e. The Morgan fingerprint density at radius 2 is 2.17 bits per heavy atom. The number of aryl methyl sites for hydroxylation is 1. The maximum absolute atomic E-state index is 12.0. The first-order valence-electron chi connectivity index (χ1n) is 5.50. The van der Waals surface area contributed by atoms with Crippen LogP contribution >= 0.6 is 23.4 Å². The Morgan fingerprint density at radius 1 is 1.33 bits per heavy atom. The quantitative estimate of drug-likeness (QED) is 0.624. The number of halogens is 1. The van der Waals surface area contributed by atoms with Gasteiger partial charge >= 0.3 is 0 Å². The van der Waals surface area contributed by atoms with Gasteiger partial charge in [-0.2, -0.15) is 0 Å². The molecule has 1 aromatic heterocycles. The number of Topliss-reactive ketones (excluding diaryl/α,β-unsaturated/α-hetero) is 1. The van der Waals surface area contributed by atoms with Crippen molar-refractivity contribution in [3.8, 4) is 0 Å². The lowest BCUT2D eigenvalue weighted by Crippen LogP contribution is -2.02. The van der Waals surface area contributed by atoms with Crippen LogP contribution in [0.1, 0.15) is 15.9 Å². The molecule has 1 heterocycles. The third-order valence-corrected chi connectivity index (χ3v) is 3.83. The fourth-order valence-electron chi connectivity index (χ4n) is 1.51. The van der Waals surface area contributed by atoms with Crippen LogP contribution in [0.15, 0.2) is 47.6 Å². The largest absolute Gasteiger partial charge is 0.293 e. The normalized spacial score (nSPS) is 10.3. The molecule has 0 amide bonds. The molecule has 0 N–H and O–H groups in total. The van der Waals surface area contributed by atoms with Gasteiger partial charge in [0.2, 0.25) is 0 Å². The minimum absolute atomic E-state index is 0.0884. The summed E-state index contributed by atoms with van der Waals surface area (Å²) in [7, 11) is 0. The van der Waals surface area contributed by atoms with Crippen LogP contribution in [0.5, 0.6) is 0 Å². The Balaban J connectivity index is 2.03. The molecule has 0 spiro atoms. The second kappa shape index (κ2) is 6.03. The van der Waals surface area contributed by atoms with E-state index in [4.69, 9.17) is 11.6 Å². The SMILES string of the molecule is Cc1cccc(C(=O)CSc2ncccc2Cl)c1. The molecule has 0 aliphatic carbocycles. The molecule has 1 aromatic carbocycles. The van der Waals surface area contributed by atoms with Gasteiger partial charge in [-0.3, -0.25) is 4.79 Å². The first-order valence-corrected chi connectivity index (χ1v) is 6.86. The van der Waals surface area contributed by atoms with Crippen LogP contribution < -0.4 is 0 Å². The first kappa shape index (κ1) is 13.1. The van der Waals surface area contributed by atoms with Crippen molar-refractivity contribution in [3.05, 3.63) is 58.7 Å². The van der Waals surface area contributed by atoms with E-state index >= 15 is 0 Å². The van der Waals surface area contributed by atoms with Crippen LogP contribution in [0, 0.1) is 6.92 Å². The van der Waals surface area contributed by atoms with Gasteiger partial charge in [0.15, 0.2) is 5.78 Å². The third-order valence-electron chi connectivity index (χ3n) is 2.40. The van der Waals surface area contributed by atoms with Crippen molar-refractivity contribution < 1.29 is 4.79 Å². The number of hydrogen-bond acceptors (Lipinski definition) is 3. The monoisotopic (exact) mass is 277 g/mol. The Morgan fingerprint density at radius 3 is 2.89 bits per heavy atom. The molecule has 92 valence electrons. The Labute approximate surface area is 115 Å². The minimum atomic E-state index is 0.0884. The number of pyridine rings is 1. The predicted octanol–water partition coefficient (Wildman–Crippen LogP) is 4.02. The summed E-state index contributed by atoms with van der Waals surface area (Å²) < 4.78 is 0. The second-order valence-corrected chi connectivity index (χ2v) is 5.24. The summed E-state index contributed by atoms with van der Waals surface area (Å²) in [5.74, 6) is 0.436. The molecule has 0 unspecified atom stereocenters. The summed E-state index contributed by atoms with van der Waals surface area (Å²) in [6, 6.07) is 11.1. The highest BCUT2D eigenvalue weighted by molar-refractivity contribution is 8.00. The van der Waals surface area contributed by atoms with Crippen LogP contribution in [0.25, 0.3) is 0 Å². The van der Waals surface area contributed by atoms with Crippen molar-refractivity contribution in [2.75, 3.05) is 5.75 Å². The highest BCUT2D eigenvalue weighted by Crippen LogP contribution is 2.24. The fourth-order valence-corrected chi connectivity index (χ4v) is 2.57. The van der Waals surface area contributed by atoms with Gasteiger partial charge in [0.25, 0.3) is 0 Å². The van der Waals surface area contributed by atoms with Crippen molar-refractivity contribution in [1.82, 2.24) is 4.98 Å². The number of thioether (sulfide) groups is 1. The fraction of sp³-hybridized carbons (Fsp3) is 0.143. The van der Waals surface area contributed by atoms with E-state index in [1.165, 1.54) is 11.8 Å². The van der Waals surface area contributed by atoms with Gasteiger partial charge < -0.3 is 0 Å². The van der Waals surface area contributed by atoms with Crippen molar-refractivity contribution in [2.24, 2.45) is 0 Å². The summed E-state index contributed by atoms with van der Waals surface area (Å²) in [4.78, 5) is 16.1. The van der Waals surface area contributed by atoms with E-state index in [2.05, 4.69) is 4.98 Å². The van der Waals surface area contributed by atoms with E-state index in [0.717, 1.165) is 11.1 Å². The van der Waals surface area contributed by atoms with Crippen LogP contribution in [0.2, 0.25) is 5.02 Å². The molecule has 2 aromatic rings. The molecular weight excluding hydrogens is 266 g/mol. The van der Waals surface area contributed by atoms with Crippen molar-refractivity contribution in [2.45, 2.75) is 11.9 Å². The second-order valence-electron chi connectivity index (χ2n) is 3.87. The Kier molecular flexibility index (Phi) is 4.39. The van der Waals surface area contributed by atoms with Crippen molar-refractivity contribution in [1.29, 1.82) is 0 Å². The molecule has 0 saturated carbocycles. The van der Waals surface area contributed by atoms with Gasteiger partial charge in [-0.1, -0.05) is 47.1 Å². The molecule has 0 aliphatic rings. The Bertz CT molecular complexity index is 571. The minimum Gasteiger partial charge on any atom is -0.293 e. The number of rotatable bonds is 4. The lowest BCUT2D eigenvalue weighted by atomic mass is 10.1. The number of aromatic nitrogens is 1. The van der Waals surface area contributed by atoms with Crippen molar-refractivity contribution >= 4 is 29.1 Å². The van der Waals surface area contributed by atoms with E-state index < -0.39 is 0 Å². The number of carbonyl (C=O) groups excluding carboxylic acids is 1. The third kappa shape index (κ3) is 3.34. The van der Waals surface area contributed by atoms with Crippen LogP contribution in [-0.4, -0.2) is 16.5 Å². The zero-order valence-electron chi connectivity index (χ0n) is 9.89. The molecule has 0 fully saturated rings. The molecule has 2 rings (SSSR count). The molecule has 0 radical (unpaired) electrons. The highest BCUT2D eigenvalue weighted by atomic mass is 35.5. The maximum Gasteiger partial charge on any atom is 0.173 e. The molecule has 4 heteroatoms. The van der Waals surface area contributed by atoms with Crippen molar-refractivity contribution in [3.63, 3.8) is 0 Å². The van der Waals surface area contributed by atoms with Gasteiger partial charge in [-0.05, 0) is 25.1 Å². The zero-order chi connectivity index (χ0) is 13.0. The average Bonchev–Trinajstić information content (AvgIpc) is 2.37. The van der Waals surface area contributed by atoms with E-state index in [-0.39, 0.29) is 5.78 Å². The van der Waals surface area contributed by atoms with E-state index in [1.54, 1.807) is 18.3 Å². The summed E-state index contributed by atoms with van der Waals surface area (Å²) in [6.07, 6.45) is 1.67. The van der Waals surface area contributed by atoms with Gasteiger partial charge in [-0.15, -0.1) is 0 Å². The number of carbonyl (C=O) groups is 1. The first-order chi connectivity index (χ1) is 8.66. The van der Waals surface area contributed by atoms with E-state index in [9.17, 15) is 4.79 Å². The zero-order valence-corrected chi connectivity index (χ0v) is 11.5. The average molecular weight is 278 g/mol. The van der Waals surface area contributed by atoms with Crippen LogP contribution in [-0.2, 0) is 0 Å². The lowest BCUT2D eigenvalue weighted by Gasteiger charge is -2.03. The van der Waals surface area contributed by atoms with Crippen LogP contribution in [0.4, 0.5) is 0 Å². The number of hydrogen-bond donors (Lipinski definition) is 0. The molecule has 0 bridgehead atoms. The summed E-state index contributed by atoms with van der Waals surface area (Å²) >= 11 is 7.35. The van der Waals surface area contributed by atoms with E-state index in [1.807, 2.05) is 31.2 Å². The Hall–Kier alpha value is -1.32. The molecule has 2 nitrogen and oxygen atoms in total. The number of nitrogens with zero attached hydrogens (tertiary/aromatic N) is 1. The van der Waals surface area contributed by atoms with Gasteiger partial charge in [-0.25, -0.2) is 4.98 Å². The van der Waals surface area contributed by atoms with Crippen LogP contribution in [0.3, 0.4) is 0 Å². The van der Waals surface area contributed by atoms with Gasteiger partial charge in [0.05, 0.1) is 10.8 Å². The van der Waals surface area contributed by atoms with E-state index in [0.29, 0.717) is 15.8 Å².